The van der Waals surface area contributed by atoms with Crippen molar-refractivity contribution in [1.29, 1.82) is 0 Å². The quantitative estimate of drug-likeness (QED) is 0.588. The van der Waals surface area contributed by atoms with Crippen LogP contribution in [-0.4, -0.2) is 60.0 Å². The van der Waals surface area contributed by atoms with E-state index >= 15 is 0 Å². The third-order valence-electron chi connectivity index (χ3n) is 4.87. The van der Waals surface area contributed by atoms with Crippen LogP contribution in [0, 0.1) is 0 Å². The van der Waals surface area contributed by atoms with Gasteiger partial charge in [0, 0.05) is 48.7 Å². The Hall–Kier alpha value is -2.41. The number of hydrogen-bond acceptors (Lipinski definition) is 5. The van der Waals surface area contributed by atoms with Crippen LogP contribution in [0.1, 0.15) is 10.5 Å². The van der Waals surface area contributed by atoms with Crippen LogP contribution in [0.15, 0.2) is 60.0 Å². The molecular weight excluding hydrogens is 406 g/mol. The first-order valence-electron chi connectivity index (χ1n) is 9.60. The fourth-order valence-corrected chi connectivity index (χ4v) is 4.25. The van der Waals surface area contributed by atoms with Gasteiger partial charge in [0.2, 0.25) is 0 Å². The normalized spacial score (nSPS) is 14.7. The van der Waals surface area contributed by atoms with Gasteiger partial charge < -0.3 is 9.64 Å². The minimum Gasteiger partial charge on any atom is -0.492 e. The molecule has 1 amide bonds. The molecule has 0 N–H and O–H groups in total. The van der Waals surface area contributed by atoms with Crippen molar-refractivity contribution < 1.29 is 9.53 Å². The Balaban J connectivity index is 1.27. The molecule has 7 heteroatoms. The fraction of sp³-hybridized carbons (Fsp3) is 0.273. The molecule has 0 atom stereocenters. The molecule has 1 saturated heterocycles. The summed E-state index contributed by atoms with van der Waals surface area (Å²) in [5.41, 5.74) is 1.44. The molecule has 0 radical (unpaired) electrons. The lowest BCUT2D eigenvalue weighted by Gasteiger charge is -2.34. The predicted molar refractivity (Wildman–Crippen MR) is 117 cm³/mol. The molecule has 0 aliphatic carbocycles. The van der Waals surface area contributed by atoms with Gasteiger partial charge in [-0.3, -0.25) is 9.69 Å². The van der Waals surface area contributed by atoms with Crippen molar-refractivity contribution in [3.8, 4) is 16.3 Å². The molecule has 1 aliphatic heterocycles. The van der Waals surface area contributed by atoms with Gasteiger partial charge in [0.05, 0.1) is 0 Å². The van der Waals surface area contributed by atoms with Gasteiger partial charge in [-0.15, -0.1) is 11.3 Å². The topological polar surface area (TPSA) is 45.7 Å². The maximum Gasteiger partial charge on any atom is 0.273 e. The first-order valence-corrected chi connectivity index (χ1v) is 10.9. The van der Waals surface area contributed by atoms with Crippen molar-refractivity contribution in [1.82, 2.24) is 14.8 Å². The van der Waals surface area contributed by atoms with E-state index in [1.165, 1.54) is 11.3 Å². The Bertz CT molecular complexity index is 955. The van der Waals surface area contributed by atoms with Crippen molar-refractivity contribution in [3.05, 3.63) is 70.7 Å². The van der Waals surface area contributed by atoms with E-state index in [1.807, 2.05) is 64.9 Å². The van der Waals surface area contributed by atoms with E-state index in [0.29, 0.717) is 30.4 Å². The summed E-state index contributed by atoms with van der Waals surface area (Å²) < 4.78 is 5.77. The molecule has 0 saturated carbocycles. The van der Waals surface area contributed by atoms with Gasteiger partial charge >= 0.3 is 0 Å². The molecule has 29 heavy (non-hydrogen) atoms. The molecule has 0 bridgehead atoms. The number of benzene rings is 2. The average Bonchev–Trinajstić information content (AvgIpc) is 3.25. The number of carbonyl (C=O) groups excluding carboxylic acids is 1. The molecular formula is C22H22ClN3O2S. The van der Waals surface area contributed by atoms with Crippen molar-refractivity contribution in [3.63, 3.8) is 0 Å². The maximum atomic E-state index is 12.8. The van der Waals surface area contributed by atoms with Gasteiger partial charge in [-0.2, -0.15) is 0 Å². The SMILES string of the molecule is O=C(c1csc(-c2cccc(Cl)c2)n1)N1CCN(CCOc2ccccc2)CC1. The smallest absolute Gasteiger partial charge is 0.273 e. The van der Waals surface area contributed by atoms with E-state index in [-0.39, 0.29) is 5.91 Å². The third kappa shape index (κ3) is 5.15. The van der Waals surface area contributed by atoms with Crippen molar-refractivity contribution in [2.24, 2.45) is 0 Å². The number of hydrogen-bond donors (Lipinski definition) is 0. The van der Waals surface area contributed by atoms with Crippen LogP contribution in [0.2, 0.25) is 5.02 Å². The standard InChI is InChI=1S/C22H22ClN3O2S/c23-18-6-4-5-17(15-18)21-24-20(16-29-21)22(27)26-11-9-25(10-12-26)13-14-28-19-7-2-1-3-8-19/h1-8,15-16H,9-14H2. The number of halogens is 1. The first-order chi connectivity index (χ1) is 14.2. The number of amides is 1. The highest BCUT2D eigenvalue weighted by atomic mass is 35.5. The summed E-state index contributed by atoms with van der Waals surface area (Å²) >= 11 is 7.53. The van der Waals surface area contributed by atoms with Crippen molar-refractivity contribution >= 4 is 28.8 Å². The van der Waals surface area contributed by atoms with Crippen LogP contribution in [0.3, 0.4) is 0 Å². The highest BCUT2D eigenvalue weighted by molar-refractivity contribution is 7.13. The molecule has 1 aromatic heterocycles. The lowest BCUT2D eigenvalue weighted by Crippen LogP contribution is -2.49. The highest BCUT2D eigenvalue weighted by Crippen LogP contribution is 2.26. The van der Waals surface area contributed by atoms with E-state index in [0.717, 1.165) is 36.0 Å². The van der Waals surface area contributed by atoms with Gasteiger partial charge in [-0.05, 0) is 24.3 Å². The maximum absolute atomic E-state index is 12.8. The van der Waals surface area contributed by atoms with Gasteiger partial charge in [-0.25, -0.2) is 4.98 Å². The van der Waals surface area contributed by atoms with E-state index in [1.54, 1.807) is 0 Å². The van der Waals surface area contributed by atoms with Gasteiger partial charge in [0.25, 0.3) is 5.91 Å². The molecule has 150 valence electrons. The van der Waals surface area contributed by atoms with Crippen LogP contribution in [0.5, 0.6) is 5.75 Å². The number of nitrogens with zero attached hydrogens (tertiary/aromatic N) is 3. The summed E-state index contributed by atoms with van der Waals surface area (Å²) in [5, 5.41) is 3.31. The Labute approximate surface area is 179 Å². The van der Waals surface area contributed by atoms with Crippen LogP contribution in [0.25, 0.3) is 10.6 Å². The fourth-order valence-electron chi connectivity index (χ4n) is 3.27. The van der Waals surface area contributed by atoms with Gasteiger partial charge in [0.15, 0.2) is 0 Å². The Morgan fingerprint density at radius 3 is 2.62 bits per heavy atom. The second kappa shape index (κ2) is 9.39. The first kappa shape index (κ1) is 19.9. The largest absolute Gasteiger partial charge is 0.492 e. The van der Waals surface area contributed by atoms with E-state index in [2.05, 4.69) is 9.88 Å². The van der Waals surface area contributed by atoms with E-state index in [9.17, 15) is 4.79 Å². The van der Waals surface area contributed by atoms with Crippen LogP contribution in [-0.2, 0) is 0 Å². The van der Waals surface area contributed by atoms with Crippen molar-refractivity contribution in [2.75, 3.05) is 39.3 Å². The number of carbonyl (C=O) groups is 1. The zero-order valence-corrected chi connectivity index (χ0v) is 17.5. The Morgan fingerprint density at radius 2 is 1.86 bits per heavy atom. The minimum atomic E-state index is -0.00489. The summed E-state index contributed by atoms with van der Waals surface area (Å²) in [6, 6.07) is 17.4. The molecule has 2 aromatic carbocycles. The van der Waals surface area contributed by atoms with Gasteiger partial charge in [-0.1, -0.05) is 41.9 Å². The monoisotopic (exact) mass is 427 g/mol. The predicted octanol–water partition coefficient (Wildman–Crippen LogP) is 4.30. The Morgan fingerprint density at radius 1 is 1.07 bits per heavy atom. The number of ether oxygens (including phenoxy) is 1. The summed E-state index contributed by atoms with van der Waals surface area (Å²) in [7, 11) is 0. The van der Waals surface area contributed by atoms with Gasteiger partial charge in [0.1, 0.15) is 23.1 Å². The van der Waals surface area contributed by atoms with Crippen molar-refractivity contribution in [2.45, 2.75) is 0 Å². The summed E-state index contributed by atoms with van der Waals surface area (Å²) in [6.07, 6.45) is 0. The summed E-state index contributed by atoms with van der Waals surface area (Å²) in [4.78, 5) is 21.6. The van der Waals surface area contributed by atoms with Crippen LogP contribution < -0.4 is 4.74 Å². The number of para-hydroxylation sites is 1. The third-order valence-corrected chi connectivity index (χ3v) is 6.00. The number of thiazole rings is 1. The summed E-state index contributed by atoms with van der Waals surface area (Å²) in [5.74, 6) is 0.884. The molecule has 0 unspecified atom stereocenters. The second-order valence-corrected chi connectivity index (χ2v) is 8.14. The lowest BCUT2D eigenvalue weighted by atomic mass is 10.2. The molecule has 2 heterocycles. The zero-order chi connectivity index (χ0) is 20.1. The Kier molecular flexibility index (Phi) is 6.44. The molecule has 3 aromatic rings. The molecule has 1 aliphatic rings. The van der Waals surface area contributed by atoms with Crippen LogP contribution in [0.4, 0.5) is 0 Å². The zero-order valence-electron chi connectivity index (χ0n) is 16.0. The number of aromatic nitrogens is 1. The average molecular weight is 428 g/mol. The molecule has 5 nitrogen and oxygen atoms in total. The van der Waals surface area contributed by atoms with Crippen LogP contribution >= 0.6 is 22.9 Å². The summed E-state index contributed by atoms with van der Waals surface area (Å²) in [6.45, 7) is 4.59. The molecule has 0 spiro atoms. The molecule has 4 rings (SSSR count). The van der Waals surface area contributed by atoms with E-state index < -0.39 is 0 Å². The molecule has 1 fully saturated rings. The minimum absolute atomic E-state index is 0.00489. The van der Waals surface area contributed by atoms with E-state index in [4.69, 9.17) is 16.3 Å². The number of rotatable bonds is 6. The lowest BCUT2D eigenvalue weighted by molar-refractivity contribution is 0.0615. The highest BCUT2D eigenvalue weighted by Gasteiger charge is 2.24. The second-order valence-electron chi connectivity index (χ2n) is 6.84. The number of piperazine rings is 1.